The zero-order valence-electron chi connectivity index (χ0n) is 12.0. The number of aromatic nitrogens is 2. The number of amides is 1. The van der Waals surface area contributed by atoms with E-state index in [2.05, 4.69) is 20.6 Å². The summed E-state index contributed by atoms with van der Waals surface area (Å²) in [7, 11) is 0. The van der Waals surface area contributed by atoms with Crippen LogP contribution >= 0.6 is 0 Å². The molecule has 21 heavy (non-hydrogen) atoms. The molecular weight excluding hydrogens is 271 g/mol. The van der Waals surface area contributed by atoms with Crippen LogP contribution in [0.3, 0.4) is 0 Å². The molecule has 2 heterocycles. The lowest BCUT2D eigenvalue weighted by Gasteiger charge is -2.10. The number of pyridine rings is 2. The van der Waals surface area contributed by atoms with Gasteiger partial charge in [-0.05, 0) is 31.5 Å². The van der Waals surface area contributed by atoms with Crippen LogP contribution in [-0.2, 0) is 6.42 Å². The number of carbonyl (C=O) groups excluding carboxylic acids is 1. The van der Waals surface area contributed by atoms with E-state index in [0.717, 1.165) is 11.9 Å². The van der Waals surface area contributed by atoms with Crippen molar-refractivity contribution in [2.45, 2.75) is 20.3 Å². The quantitative estimate of drug-likeness (QED) is 0.887. The van der Waals surface area contributed by atoms with Gasteiger partial charge in [0, 0.05) is 24.0 Å². The fourth-order valence-corrected chi connectivity index (χ4v) is 1.84. The van der Waals surface area contributed by atoms with E-state index in [1.807, 2.05) is 13.8 Å². The van der Waals surface area contributed by atoms with Gasteiger partial charge < -0.3 is 10.6 Å². The van der Waals surface area contributed by atoms with Gasteiger partial charge in [0.1, 0.15) is 5.82 Å². The Labute approximate surface area is 122 Å². The Morgan fingerprint density at radius 1 is 1.33 bits per heavy atom. The largest absolute Gasteiger partial charge is 0.370 e. The third-order valence-corrected chi connectivity index (χ3v) is 2.88. The molecule has 0 aliphatic carbocycles. The maximum atomic E-state index is 13.5. The lowest BCUT2D eigenvalue weighted by Crippen LogP contribution is -2.15. The van der Waals surface area contributed by atoms with E-state index in [9.17, 15) is 9.18 Å². The first kappa shape index (κ1) is 14.9. The maximum Gasteiger partial charge on any atom is 0.255 e. The summed E-state index contributed by atoms with van der Waals surface area (Å²) in [6, 6.07) is 4.77. The average molecular weight is 288 g/mol. The first-order valence-corrected chi connectivity index (χ1v) is 6.79. The molecule has 0 aliphatic rings. The Kier molecular flexibility index (Phi) is 4.81. The number of nitrogens with one attached hydrogen (secondary N) is 2. The second kappa shape index (κ2) is 6.78. The number of halogens is 1. The maximum absolute atomic E-state index is 13.5. The van der Waals surface area contributed by atoms with E-state index >= 15 is 0 Å². The first-order valence-electron chi connectivity index (χ1n) is 6.79. The van der Waals surface area contributed by atoms with Crippen molar-refractivity contribution in [3.05, 3.63) is 47.7 Å². The fraction of sp³-hybridized carbons (Fsp3) is 0.267. The molecule has 6 heteroatoms. The summed E-state index contributed by atoms with van der Waals surface area (Å²) in [5.41, 5.74) is 1.35. The average Bonchev–Trinajstić information content (AvgIpc) is 2.49. The molecule has 2 rings (SSSR count). The predicted molar refractivity (Wildman–Crippen MR) is 79.9 cm³/mol. The van der Waals surface area contributed by atoms with Crippen molar-refractivity contribution in [1.82, 2.24) is 9.97 Å². The van der Waals surface area contributed by atoms with E-state index < -0.39 is 5.82 Å². The van der Waals surface area contributed by atoms with Crippen LogP contribution in [0.25, 0.3) is 0 Å². The number of anilines is 2. The third-order valence-electron chi connectivity index (χ3n) is 2.88. The van der Waals surface area contributed by atoms with Crippen LogP contribution in [0.15, 0.2) is 30.6 Å². The van der Waals surface area contributed by atoms with E-state index in [0.29, 0.717) is 24.3 Å². The molecule has 0 bridgehead atoms. The summed E-state index contributed by atoms with van der Waals surface area (Å²) in [5.74, 6) is -0.309. The molecule has 2 aromatic rings. The Bertz CT molecular complexity index is 645. The summed E-state index contributed by atoms with van der Waals surface area (Å²) < 4.78 is 13.5. The number of carbonyl (C=O) groups is 1. The number of rotatable bonds is 5. The molecule has 0 radical (unpaired) electrons. The highest BCUT2D eigenvalue weighted by Gasteiger charge is 2.11. The molecule has 0 saturated heterocycles. The SMILES string of the molecule is CCNc1cc(C(=O)Nc2ccncc2F)cc(CC)n1. The number of hydrogen-bond donors (Lipinski definition) is 2. The highest BCUT2D eigenvalue weighted by atomic mass is 19.1. The lowest BCUT2D eigenvalue weighted by molar-refractivity contribution is 0.102. The van der Waals surface area contributed by atoms with E-state index in [1.54, 1.807) is 12.1 Å². The molecule has 2 N–H and O–H groups in total. The van der Waals surface area contributed by atoms with E-state index in [1.165, 1.54) is 12.3 Å². The van der Waals surface area contributed by atoms with Crippen LogP contribution < -0.4 is 10.6 Å². The number of nitrogens with zero attached hydrogens (tertiary/aromatic N) is 2. The number of hydrogen-bond acceptors (Lipinski definition) is 4. The molecular formula is C15H17FN4O. The predicted octanol–water partition coefficient (Wildman–Crippen LogP) is 2.86. The minimum atomic E-state index is -0.567. The van der Waals surface area contributed by atoms with E-state index in [4.69, 9.17) is 0 Å². The van der Waals surface area contributed by atoms with Crippen molar-refractivity contribution in [2.75, 3.05) is 17.2 Å². The molecule has 0 saturated carbocycles. The summed E-state index contributed by atoms with van der Waals surface area (Å²) in [5, 5.41) is 5.62. The van der Waals surface area contributed by atoms with Gasteiger partial charge in [-0.2, -0.15) is 0 Å². The summed E-state index contributed by atoms with van der Waals surface area (Å²) >= 11 is 0. The van der Waals surface area contributed by atoms with Crippen LogP contribution in [0.2, 0.25) is 0 Å². The Morgan fingerprint density at radius 3 is 2.81 bits per heavy atom. The third kappa shape index (κ3) is 3.75. The van der Waals surface area contributed by atoms with Gasteiger partial charge in [0.15, 0.2) is 5.82 Å². The fourth-order valence-electron chi connectivity index (χ4n) is 1.84. The second-order valence-electron chi connectivity index (χ2n) is 4.43. The Morgan fingerprint density at radius 2 is 2.14 bits per heavy atom. The van der Waals surface area contributed by atoms with Crippen molar-refractivity contribution in [3.8, 4) is 0 Å². The van der Waals surface area contributed by atoms with Gasteiger partial charge in [0.2, 0.25) is 0 Å². The van der Waals surface area contributed by atoms with E-state index in [-0.39, 0.29) is 11.6 Å². The Hall–Kier alpha value is -2.50. The highest BCUT2D eigenvalue weighted by molar-refractivity contribution is 6.04. The second-order valence-corrected chi connectivity index (χ2v) is 4.43. The smallest absolute Gasteiger partial charge is 0.255 e. The van der Waals surface area contributed by atoms with Crippen molar-refractivity contribution in [3.63, 3.8) is 0 Å². The monoisotopic (exact) mass is 288 g/mol. The van der Waals surface area contributed by atoms with Gasteiger partial charge in [0.05, 0.1) is 11.9 Å². The van der Waals surface area contributed by atoms with Gasteiger partial charge in [0.25, 0.3) is 5.91 Å². The molecule has 0 aliphatic heterocycles. The summed E-state index contributed by atoms with van der Waals surface area (Å²) in [6.45, 7) is 4.62. The summed E-state index contributed by atoms with van der Waals surface area (Å²) in [6.07, 6.45) is 3.19. The van der Waals surface area contributed by atoms with Gasteiger partial charge in [-0.1, -0.05) is 6.92 Å². The molecule has 1 amide bonds. The molecule has 0 fully saturated rings. The topological polar surface area (TPSA) is 66.9 Å². The normalized spacial score (nSPS) is 10.2. The van der Waals surface area contributed by atoms with Crippen LogP contribution in [-0.4, -0.2) is 22.4 Å². The standard InChI is InChI=1S/C15H17FN4O/c1-3-11-7-10(8-14(19-11)18-4-2)15(21)20-13-5-6-17-9-12(13)16/h5-9H,3-4H2,1-2H3,(H,18,19)(H,17,20,21). The molecule has 5 nitrogen and oxygen atoms in total. The van der Waals surface area contributed by atoms with Crippen molar-refractivity contribution in [1.29, 1.82) is 0 Å². The minimum Gasteiger partial charge on any atom is -0.370 e. The molecule has 110 valence electrons. The first-order chi connectivity index (χ1) is 10.1. The molecule has 0 aromatic carbocycles. The van der Waals surface area contributed by atoms with Gasteiger partial charge in [-0.25, -0.2) is 9.37 Å². The molecule has 0 atom stereocenters. The minimum absolute atomic E-state index is 0.106. The molecule has 2 aromatic heterocycles. The van der Waals surface area contributed by atoms with Crippen LogP contribution in [0.5, 0.6) is 0 Å². The van der Waals surface area contributed by atoms with Gasteiger partial charge in [-0.15, -0.1) is 0 Å². The number of aryl methyl sites for hydroxylation is 1. The zero-order chi connectivity index (χ0) is 15.2. The zero-order valence-corrected chi connectivity index (χ0v) is 12.0. The lowest BCUT2D eigenvalue weighted by atomic mass is 10.1. The highest BCUT2D eigenvalue weighted by Crippen LogP contribution is 2.15. The summed E-state index contributed by atoms with van der Waals surface area (Å²) in [4.78, 5) is 20.3. The van der Waals surface area contributed by atoms with Crippen molar-refractivity contribution >= 4 is 17.4 Å². The Balaban J connectivity index is 2.26. The van der Waals surface area contributed by atoms with Crippen molar-refractivity contribution < 1.29 is 9.18 Å². The molecule has 0 spiro atoms. The van der Waals surface area contributed by atoms with Crippen LogP contribution in [0.1, 0.15) is 29.9 Å². The molecule has 0 unspecified atom stereocenters. The van der Waals surface area contributed by atoms with Crippen LogP contribution in [0.4, 0.5) is 15.9 Å². The van der Waals surface area contributed by atoms with Crippen LogP contribution in [0, 0.1) is 5.82 Å². The van der Waals surface area contributed by atoms with Gasteiger partial charge in [-0.3, -0.25) is 9.78 Å². The van der Waals surface area contributed by atoms with Crippen molar-refractivity contribution in [2.24, 2.45) is 0 Å². The van der Waals surface area contributed by atoms with Gasteiger partial charge >= 0.3 is 0 Å².